The van der Waals surface area contributed by atoms with Gasteiger partial charge in [0, 0.05) is 55.2 Å². The van der Waals surface area contributed by atoms with E-state index in [0.29, 0.717) is 5.84 Å². The van der Waals surface area contributed by atoms with E-state index in [1.165, 1.54) is 54.9 Å². The lowest BCUT2D eigenvalue weighted by Gasteiger charge is -2.24. The van der Waals surface area contributed by atoms with Crippen LogP contribution in [0.2, 0.25) is 0 Å². The molecule has 2 aromatic heterocycles. The Hall–Kier alpha value is -10.6. The van der Waals surface area contributed by atoms with Crippen LogP contribution in [0.5, 0.6) is 0 Å². The summed E-state index contributed by atoms with van der Waals surface area (Å²) in [7, 11) is 0. The largest absolute Gasteiger partial charge is 0.344 e. The molecular formula is C75H51N5. The zero-order valence-electron chi connectivity index (χ0n) is 43.7. The molecule has 1 unspecified atom stereocenters. The zero-order chi connectivity index (χ0) is 52.9. The van der Waals surface area contributed by atoms with Crippen molar-refractivity contribution in [3.8, 4) is 67.0 Å². The average molecular weight is 1020 g/mol. The molecule has 14 aromatic rings. The first kappa shape index (κ1) is 46.7. The molecule has 0 fully saturated rings. The highest BCUT2D eigenvalue weighted by atomic mass is 15.2. The first-order valence-corrected chi connectivity index (χ1v) is 27.3. The summed E-state index contributed by atoms with van der Waals surface area (Å²) in [5.74, 6) is 1.48. The second-order valence-corrected chi connectivity index (χ2v) is 20.6. The zero-order valence-corrected chi connectivity index (χ0v) is 43.7. The molecule has 0 bridgehead atoms. The number of aromatic nitrogens is 2. The monoisotopic (exact) mass is 1020 g/mol. The van der Waals surface area contributed by atoms with Gasteiger partial charge >= 0.3 is 0 Å². The van der Waals surface area contributed by atoms with E-state index in [-0.39, 0.29) is 0 Å². The summed E-state index contributed by atoms with van der Waals surface area (Å²) in [5.41, 5.74) is 21.4. The van der Waals surface area contributed by atoms with Crippen LogP contribution in [0.15, 0.2) is 307 Å². The van der Waals surface area contributed by atoms with E-state index < -0.39 is 6.17 Å². The minimum Gasteiger partial charge on any atom is -0.344 e. The lowest BCUT2D eigenvalue weighted by molar-refractivity contribution is 0.674. The molecule has 0 aliphatic carbocycles. The Bertz CT molecular complexity index is 4680. The van der Waals surface area contributed by atoms with Gasteiger partial charge in [0.05, 0.1) is 22.1 Å². The minimum atomic E-state index is -0.397. The van der Waals surface area contributed by atoms with Crippen LogP contribution in [-0.2, 0) is 0 Å². The number of benzene rings is 12. The number of hydrogen-bond acceptors (Lipinski definition) is 3. The molecule has 0 saturated carbocycles. The van der Waals surface area contributed by atoms with E-state index in [1.807, 2.05) is 24.3 Å². The highest BCUT2D eigenvalue weighted by Gasteiger charge is 2.25. The van der Waals surface area contributed by atoms with Crippen molar-refractivity contribution in [3.05, 3.63) is 314 Å². The molecule has 1 N–H and O–H groups in total. The Kier molecular flexibility index (Phi) is 11.5. The van der Waals surface area contributed by atoms with Crippen LogP contribution in [0.4, 0.5) is 0 Å². The molecule has 1 atom stereocenters. The normalized spacial score (nSPS) is 13.4. The number of fused-ring (bicyclic) bond motifs is 6. The third kappa shape index (κ3) is 8.28. The lowest BCUT2D eigenvalue weighted by atomic mass is 9.94. The minimum absolute atomic E-state index is 0.397. The van der Waals surface area contributed by atoms with Crippen molar-refractivity contribution in [1.82, 2.24) is 14.5 Å². The van der Waals surface area contributed by atoms with Gasteiger partial charge in [-0.3, -0.25) is 0 Å². The highest BCUT2D eigenvalue weighted by Crippen LogP contribution is 2.45. The molecule has 5 heteroatoms. The number of amidine groups is 2. The lowest BCUT2D eigenvalue weighted by Crippen LogP contribution is -2.33. The third-order valence-electron chi connectivity index (χ3n) is 15.7. The Morgan fingerprint density at radius 3 is 1.18 bits per heavy atom. The molecule has 80 heavy (non-hydrogen) atoms. The van der Waals surface area contributed by atoms with Crippen molar-refractivity contribution in [2.75, 3.05) is 0 Å². The van der Waals surface area contributed by atoms with Crippen LogP contribution in [0, 0.1) is 0 Å². The maximum atomic E-state index is 5.31. The fraction of sp³-hybridized carbons (Fsp3) is 0.0133. The number of rotatable bonds is 10. The molecule has 0 spiro atoms. The second-order valence-electron chi connectivity index (χ2n) is 20.6. The van der Waals surface area contributed by atoms with E-state index in [1.54, 1.807) is 0 Å². The van der Waals surface area contributed by atoms with Crippen LogP contribution in [0.3, 0.4) is 0 Å². The van der Waals surface area contributed by atoms with Crippen molar-refractivity contribution in [2.24, 2.45) is 9.98 Å². The molecule has 0 saturated heterocycles. The molecule has 1 aliphatic rings. The maximum absolute atomic E-state index is 5.31. The topological polar surface area (TPSA) is 46.6 Å². The summed E-state index contributed by atoms with van der Waals surface area (Å²) in [6.07, 6.45) is -0.397. The van der Waals surface area contributed by atoms with Gasteiger partial charge in [0.2, 0.25) is 0 Å². The number of aliphatic imine (C=N–C) groups is 2. The predicted octanol–water partition coefficient (Wildman–Crippen LogP) is 18.7. The van der Waals surface area contributed by atoms with Gasteiger partial charge in [-0.25, -0.2) is 9.98 Å². The first-order valence-electron chi connectivity index (χ1n) is 27.3. The van der Waals surface area contributed by atoms with E-state index in [2.05, 4.69) is 287 Å². The summed E-state index contributed by atoms with van der Waals surface area (Å²) < 4.78 is 4.93. The van der Waals surface area contributed by atoms with Crippen molar-refractivity contribution in [2.45, 2.75) is 6.17 Å². The van der Waals surface area contributed by atoms with Crippen molar-refractivity contribution < 1.29 is 0 Å². The fourth-order valence-corrected chi connectivity index (χ4v) is 12.0. The fourth-order valence-electron chi connectivity index (χ4n) is 12.0. The number of para-hydroxylation sites is 1. The SMILES string of the molecule is c1ccc(C2=NC(c3cccc(-n4c5ccc(-c6ccc7c(c6)c6cc(-c8ccccc8)cc(-c8ccccc8)c6n7-c6ccccc6)cc5c5cc(-c6ccccc6)cc(-c6ccccc6)c54)c3)NC(c3ccccc3)=N2)cc1. The molecule has 15 rings (SSSR count). The maximum Gasteiger partial charge on any atom is 0.159 e. The van der Waals surface area contributed by atoms with E-state index in [0.717, 1.165) is 78.3 Å². The van der Waals surface area contributed by atoms with E-state index in [9.17, 15) is 0 Å². The molecule has 12 aromatic carbocycles. The van der Waals surface area contributed by atoms with Crippen molar-refractivity contribution >= 4 is 55.3 Å². The van der Waals surface area contributed by atoms with Gasteiger partial charge in [0.1, 0.15) is 12.0 Å². The quantitative estimate of drug-likeness (QED) is 0.146. The Morgan fingerprint density at radius 2 is 0.688 bits per heavy atom. The van der Waals surface area contributed by atoms with Gasteiger partial charge in [0.25, 0.3) is 0 Å². The van der Waals surface area contributed by atoms with E-state index >= 15 is 0 Å². The van der Waals surface area contributed by atoms with Crippen molar-refractivity contribution in [3.63, 3.8) is 0 Å². The molecular weight excluding hydrogens is 971 g/mol. The molecule has 0 radical (unpaired) electrons. The third-order valence-corrected chi connectivity index (χ3v) is 15.7. The van der Waals surface area contributed by atoms with Crippen LogP contribution in [0.25, 0.3) is 111 Å². The summed E-state index contributed by atoms with van der Waals surface area (Å²) in [6, 6.07) is 107. The van der Waals surface area contributed by atoms with Gasteiger partial charge in [-0.05, 0) is 123 Å². The van der Waals surface area contributed by atoms with Gasteiger partial charge in [0.15, 0.2) is 5.84 Å². The Labute approximate surface area is 464 Å². The van der Waals surface area contributed by atoms with Gasteiger partial charge in [-0.2, -0.15) is 0 Å². The van der Waals surface area contributed by atoms with Crippen LogP contribution >= 0.6 is 0 Å². The smallest absolute Gasteiger partial charge is 0.159 e. The van der Waals surface area contributed by atoms with Crippen LogP contribution in [0.1, 0.15) is 22.9 Å². The molecule has 5 nitrogen and oxygen atoms in total. The van der Waals surface area contributed by atoms with Gasteiger partial charge < -0.3 is 14.5 Å². The summed E-state index contributed by atoms with van der Waals surface area (Å²) in [4.78, 5) is 10.4. The standard InChI is InChI=1S/C75H51N5/c1-8-23-50(24-9-1)59-46-63(52-27-12-3-13-28-52)71-67(48-59)65-44-56(39-41-69(65)79(71)61-36-20-7-21-37-61)57-40-42-70-66(45-57)68-49-60(51-25-10-2-11-26-51)47-64(53-29-14-4-15-30-53)72(68)80(70)62-38-22-35-58(43-62)75-77-73(54-31-16-5-17-32-54)76-74(78-75)55-33-18-6-19-34-55/h1-49,75H,(H,76,77,78). The number of hydrogen-bond donors (Lipinski definition) is 1. The first-order chi connectivity index (χ1) is 39.7. The molecule has 3 heterocycles. The Morgan fingerprint density at radius 1 is 0.287 bits per heavy atom. The summed E-state index contributed by atoms with van der Waals surface area (Å²) >= 11 is 0. The molecule has 1 aliphatic heterocycles. The molecule has 376 valence electrons. The summed E-state index contributed by atoms with van der Waals surface area (Å²) in [5, 5.41) is 8.48. The number of nitrogens with zero attached hydrogens (tertiary/aromatic N) is 4. The average Bonchev–Trinajstić information content (AvgIpc) is 4.18. The van der Waals surface area contributed by atoms with Crippen molar-refractivity contribution in [1.29, 1.82) is 0 Å². The van der Waals surface area contributed by atoms with E-state index in [4.69, 9.17) is 9.98 Å². The highest BCUT2D eigenvalue weighted by molar-refractivity contribution is 6.18. The molecule has 0 amide bonds. The summed E-state index contributed by atoms with van der Waals surface area (Å²) in [6.45, 7) is 0. The number of nitrogens with one attached hydrogen (secondary N) is 1. The predicted molar refractivity (Wildman–Crippen MR) is 334 cm³/mol. The van der Waals surface area contributed by atoms with Gasteiger partial charge in [-0.1, -0.05) is 224 Å². The van der Waals surface area contributed by atoms with Crippen LogP contribution < -0.4 is 5.32 Å². The Balaban J connectivity index is 0.959. The van der Waals surface area contributed by atoms with Gasteiger partial charge in [-0.15, -0.1) is 0 Å². The van der Waals surface area contributed by atoms with Crippen LogP contribution in [-0.4, -0.2) is 20.8 Å². The second kappa shape index (κ2) is 19.7.